The lowest BCUT2D eigenvalue weighted by atomic mass is 9.84. The molecule has 31 heavy (non-hydrogen) atoms. The van der Waals surface area contributed by atoms with E-state index in [0.717, 1.165) is 11.1 Å². The lowest BCUT2D eigenvalue weighted by molar-refractivity contribution is 0.0973. The molecule has 6 nitrogen and oxygen atoms in total. The van der Waals surface area contributed by atoms with Crippen molar-refractivity contribution in [3.05, 3.63) is 99.1 Å². The number of aromatic nitrogens is 2. The second-order valence-corrected chi connectivity index (χ2v) is 7.70. The van der Waals surface area contributed by atoms with Crippen LogP contribution in [0.3, 0.4) is 0 Å². The molecule has 0 aliphatic carbocycles. The third-order valence-corrected chi connectivity index (χ3v) is 5.81. The van der Waals surface area contributed by atoms with Crippen molar-refractivity contribution in [2.24, 2.45) is 0 Å². The van der Waals surface area contributed by atoms with Gasteiger partial charge in [-0.1, -0.05) is 12.1 Å². The molecule has 1 unspecified atom stereocenters. The summed E-state index contributed by atoms with van der Waals surface area (Å²) in [6, 6.07) is 12.6. The first kappa shape index (κ1) is 19.1. The van der Waals surface area contributed by atoms with Gasteiger partial charge >= 0.3 is 0 Å². The maximum Gasteiger partial charge on any atom is 0.231 e. The number of H-pyrrole nitrogens is 1. The van der Waals surface area contributed by atoms with Gasteiger partial charge in [0, 0.05) is 41.2 Å². The van der Waals surface area contributed by atoms with Gasteiger partial charge in [-0.15, -0.1) is 0 Å². The molecule has 0 amide bonds. The highest BCUT2D eigenvalue weighted by molar-refractivity contribution is 6.03. The van der Waals surface area contributed by atoms with Crippen molar-refractivity contribution in [1.82, 2.24) is 9.97 Å². The van der Waals surface area contributed by atoms with Gasteiger partial charge in [0.1, 0.15) is 0 Å². The summed E-state index contributed by atoms with van der Waals surface area (Å²) >= 11 is 0. The maximum atomic E-state index is 13.7. The molecule has 1 N–H and O–H groups in total. The second-order valence-electron chi connectivity index (χ2n) is 7.70. The van der Waals surface area contributed by atoms with E-state index in [4.69, 9.17) is 9.47 Å². The average Bonchev–Trinajstić information content (AvgIpc) is 3.24. The Morgan fingerprint density at radius 1 is 1.00 bits per heavy atom. The fourth-order valence-electron chi connectivity index (χ4n) is 3.93. The summed E-state index contributed by atoms with van der Waals surface area (Å²) in [6.45, 7) is 4.10. The Labute approximate surface area is 178 Å². The van der Waals surface area contributed by atoms with E-state index in [9.17, 15) is 9.59 Å². The lowest BCUT2D eigenvalue weighted by Crippen LogP contribution is -2.22. The highest BCUT2D eigenvalue weighted by atomic mass is 16.7. The van der Waals surface area contributed by atoms with Gasteiger partial charge in [0.25, 0.3) is 0 Å². The van der Waals surface area contributed by atoms with Crippen molar-refractivity contribution in [2.45, 2.75) is 19.8 Å². The van der Waals surface area contributed by atoms with Crippen molar-refractivity contribution in [3.8, 4) is 11.5 Å². The van der Waals surface area contributed by atoms with Crippen molar-refractivity contribution in [3.63, 3.8) is 0 Å². The first-order chi connectivity index (χ1) is 15.0. The number of aromatic amines is 1. The van der Waals surface area contributed by atoms with Crippen molar-refractivity contribution in [1.29, 1.82) is 0 Å². The van der Waals surface area contributed by atoms with Crippen LogP contribution in [-0.2, 0) is 0 Å². The van der Waals surface area contributed by atoms with Crippen LogP contribution in [0.15, 0.2) is 65.8 Å². The zero-order valence-corrected chi connectivity index (χ0v) is 17.1. The summed E-state index contributed by atoms with van der Waals surface area (Å²) in [5, 5.41) is 0.452. The largest absolute Gasteiger partial charge is 0.454 e. The molecule has 1 aliphatic rings. The highest BCUT2D eigenvalue weighted by Crippen LogP contribution is 2.35. The fourth-order valence-corrected chi connectivity index (χ4v) is 3.93. The van der Waals surface area contributed by atoms with Crippen LogP contribution in [0.1, 0.15) is 38.5 Å². The minimum absolute atomic E-state index is 0.123. The van der Waals surface area contributed by atoms with Gasteiger partial charge in [0.15, 0.2) is 22.7 Å². The monoisotopic (exact) mass is 412 g/mol. The smallest absolute Gasteiger partial charge is 0.231 e. The number of ketones is 1. The number of hydrogen-bond donors (Lipinski definition) is 1. The third kappa shape index (κ3) is 3.26. The number of nitrogens with zero attached hydrogens (tertiary/aromatic N) is 1. The molecule has 0 fully saturated rings. The topological polar surface area (TPSA) is 81.3 Å². The van der Waals surface area contributed by atoms with Crippen LogP contribution in [0.2, 0.25) is 0 Å². The van der Waals surface area contributed by atoms with Crippen molar-refractivity contribution < 1.29 is 14.3 Å². The summed E-state index contributed by atoms with van der Waals surface area (Å²) in [6.07, 6.45) is 4.88. The molecule has 0 radical (unpaired) electrons. The van der Waals surface area contributed by atoms with Crippen LogP contribution in [0.4, 0.5) is 0 Å². The number of pyridine rings is 2. The van der Waals surface area contributed by atoms with Gasteiger partial charge in [-0.3, -0.25) is 14.6 Å². The van der Waals surface area contributed by atoms with Crippen LogP contribution in [0, 0.1) is 13.8 Å². The Morgan fingerprint density at radius 2 is 1.74 bits per heavy atom. The number of fused-ring (bicyclic) bond motifs is 2. The standard InChI is InChI=1S/C25H20N2O4/c1-14-3-4-17(9-15(14)2)24(28)23(16-5-7-26-8-6-16)19-12-27-20-11-22-21(30-13-31-22)10-18(20)25(19)29/h3-12,23H,13H2,1-2H3,(H,27,29). The minimum Gasteiger partial charge on any atom is -0.454 e. The van der Waals surface area contributed by atoms with E-state index in [1.807, 2.05) is 32.0 Å². The van der Waals surface area contributed by atoms with Gasteiger partial charge in [0.05, 0.1) is 11.4 Å². The number of ether oxygens (including phenoxy) is 2. The molecule has 154 valence electrons. The van der Waals surface area contributed by atoms with Gasteiger partial charge in [-0.2, -0.15) is 0 Å². The molecule has 0 spiro atoms. The quantitative estimate of drug-likeness (QED) is 0.506. The van der Waals surface area contributed by atoms with E-state index in [1.165, 1.54) is 0 Å². The van der Waals surface area contributed by atoms with Gasteiger partial charge < -0.3 is 14.5 Å². The molecule has 1 atom stereocenters. The average molecular weight is 412 g/mol. The van der Waals surface area contributed by atoms with E-state index < -0.39 is 5.92 Å². The molecule has 1 aliphatic heterocycles. The molecule has 0 saturated carbocycles. The molecule has 2 aromatic heterocycles. The maximum absolute atomic E-state index is 13.7. The molecule has 3 heterocycles. The Hall–Kier alpha value is -3.93. The number of rotatable bonds is 4. The third-order valence-electron chi connectivity index (χ3n) is 5.81. The van der Waals surface area contributed by atoms with Gasteiger partial charge in [0.2, 0.25) is 6.79 Å². The molecule has 4 aromatic rings. The summed E-state index contributed by atoms with van der Waals surface area (Å²) in [5.41, 5.74) is 4.20. The van der Waals surface area contributed by atoms with Gasteiger partial charge in [-0.05, 0) is 54.8 Å². The zero-order chi connectivity index (χ0) is 21.5. The normalized spacial score (nSPS) is 13.4. The lowest BCUT2D eigenvalue weighted by Gasteiger charge is -2.17. The van der Waals surface area contributed by atoms with Gasteiger partial charge in [-0.25, -0.2) is 0 Å². The van der Waals surface area contributed by atoms with E-state index >= 15 is 0 Å². The van der Waals surface area contributed by atoms with E-state index in [0.29, 0.717) is 39.1 Å². The molecule has 0 saturated heterocycles. The number of benzene rings is 2. The Bertz CT molecular complexity index is 1380. The van der Waals surface area contributed by atoms with Crippen LogP contribution >= 0.6 is 0 Å². The van der Waals surface area contributed by atoms with Crippen molar-refractivity contribution >= 4 is 16.7 Å². The zero-order valence-electron chi connectivity index (χ0n) is 17.1. The summed E-state index contributed by atoms with van der Waals surface area (Å²) in [7, 11) is 0. The highest BCUT2D eigenvalue weighted by Gasteiger charge is 2.28. The number of aryl methyl sites for hydroxylation is 2. The molecule has 2 aromatic carbocycles. The number of nitrogens with one attached hydrogen (secondary N) is 1. The van der Waals surface area contributed by atoms with Crippen LogP contribution in [0.25, 0.3) is 10.9 Å². The predicted molar refractivity (Wildman–Crippen MR) is 117 cm³/mol. The Balaban J connectivity index is 1.70. The molecule has 5 rings (SSSR count). The number of hydrogen-bond acceptors (Lipinski definition) is 5. The number of Topliss-reactive ketones (excluding diaryl/α,β-unsaturated/α-hetero) is 1. The Kier molecular flexibility index (Phi) is 4.55. The van der Waals surface area contributed by atoms with Crippen LogP contribution < -0.4 is 14.9 Å². The van der Waals surface area contributed by atoms with E-state index in [1.54, 1.807) is 42.9 Å². The van der Waals surface area contributed by atoms with Crippen LogP contribution in [-0.4, -0.2) is 22.5 Å². The first-order valence-electron chi connectivity index (χ1n) is 9.99. The van der Waals surface area contributed by atoms with Crippen LogP contribution in [0.5, 0.6) is 11.5 Å². The predicted octanol–water partition coefficient (Wildman–Crippen LogP) is 4.28. The molecular weight excluding hydrogens is 392 g/mol. The summed E-state index contributed by atoms with van der Waals surface area (Å²) < 4.78 is 10.8. The van der Waals surface area contributed by atoms with E-state index in [2.05, 4.69) is 9.97 Å². The number of carbonyl (C=O) groups excluding carboxylic acids is 1. The molecular formula is C25H20N2O4. The Morgan fingerprint density at radius 3 is 2.48 bits per heavy atom. The number of carbonyl (C=O) groups is 1. The summed E-state index contributed by atoms with van der Waals surface area (Å²) in [5.74, 6) is 0.215. The SMILES string of the molecule is Cc1ccc(C(=O)C(c2ccncc2)c2c[nH]c3cc4c(cc3c2=O)OCO4)cc1C. The molecule has 0 bridgehead atoms. The summed E-state index contributed by atoms with van der Waals surface area (Å²) in [4.78, 5) is 34.4. The van der Waals surface area contributed by atoms with E-state index in [-0.39, 0.29) is 18.0 Å². The van der Waals surface area contributed by atoms with Crippen molar-refractivity contribution in [2.75, 3.05) is 6.79 Å². The molecule has 6 heteroatoms. The fraction of sp³-hybridized carbons (Fsp3) is 0.160. The minimum atomic E-state index is -0.760. The second kappa shape index (κ2) is 7.40. The first-order valence-corrected chi connectivity index (χ1v) is 9.99.